The van der Waals surface area contributed by atoms with E-state index in [1.165, 1.54) is 21.1 Å². The molecular weight excluding hydrogens is 496 g/mol. The van der Waals surface area contributed by atoms with Crippen LogP contribution in [0.25, 0.3) is 16.9 Å². The molecule has 8 nitrogen and oxygen atoms in total. The predicted molar refractivity (Wildman–Crippen MR) is 150 cm³/mol. The van der Waals surface area contributed by atoms with Crippen LogP contribution in [0.15, 0.2) is 83.3 Å². The van der Waals surface area contributed by atoms with Gasteiger partial charge in [-0.1, -0.05) is 76.2 Å². The van der Waals surface area contributed by atoms with Crippen LogP contribution in [0.2, 0.25) is 0 Å². The van der Waals surface area contributed by atoms with E-state index in [1.54, 1.807) is 11.6 Å². The molecule has 1 aromatic heterocycles. The zero-order valence-corrected chi connectivity index (χ0v) is 23.8. The van der Waals surface area contributed by atoms with Gasteiger partial charge in [-0.05, 0) is 26.0 Å². The van der Waals surface area contributed by atoms with E-state index >= 15 is 0 Å². The Morgan fingerprint density at radius 1 is 0.795 bits per heavy atom. The number of nitrogens with zero attached hydrogens (tertiary/aromatic N) is 2. The summed E-state index contributed by atoms with van der Waals surface area (Å²) in [7, 11) is 2.56. The quantitative estimate of drug-likeness (QED) is 0.271. The lowest BCUT2D eigenvalue weighted by atomic mass is 9.93. The minimum Gasteiger partial charge on any atom is -0.489 e. The molecule has 0 N–H and O–H groups in total. The third-order valence-electron chi connectivity index (χ3n) is 5.81. The van der Waals surface area contributed by atoms with E-state index in [2.05, 4.69) is 5.10 Å². The maximum atomic E-state index is 13.1. The fourth-order valence-electron chi connectivity index (χ4n) is 3.95. The van der Waals surface area contributed by atoms with Gasteiger partial charge in [-0.15, -0.1) is 0 Å². The third-order valence-corrected chi connectivity index (χ3v) is 5.81. The van der Waals surface area contributed by atoms with Crippen LogP contribution in [0, 0.1) is 6.92 Å². The van der Waals surface area contributed by atoms with Crippen molar-refractivity contribution >= 4 is 17.5 Å². The molecule has 0 atom stereocenters. The molecule has 0 aliphatic heterocycles. The summed E-state index contributed by atoms with van der Waals surface area (Å²) in [5.74, 6) is -2.16. The Morgan fingerprint density at radius 2 is 1.31 bits per heavy atom. The number of Topliss-reactive ketones (excluding diaryl/α,β-unsaturated/α-hetero) is 2. The summed E-state index contributed by atoms with van der Waals surface area (Å²) in [5.41, 5.74) is 3.32. The molecule has 0 saturated carbocycles. The SMILES string of the molecule is CC.CC.COC1=C(OC)C(=O)C(COC(=O)c2nn(-c3ccccc3)c(-c3ccccc3)c2C)=C(C)C1=O. The second-order valence-electron chi connectivity index (χ2n) is 7.84. The first-order valence-corrected chi connectivity index (χ1v) is 12.9. The molecule has 0 unspecified atom stereocenters. The lowest BCUT2D eigenvalue weighted by Crippen LogP contribution is -2.27. The Morgan fingerprint density at radius 3 is 1.85 bits per heavy atom. The molecule has 0 saturated heterocycles. The van der Waals surface area contributed by atoms with Gasteiger partial charge in [0.15, 0.2) is 5.69 Å². The van der Waals surface area contributed by atoms with Crippen LogP contribution >= 0.6 is 0 Å². The zero-order chi connectivity index (χ0) is 29.1. The molecule has 8 heteroatoms. The van der Waals surface area contributed by atoms with Crippen LogP contribution in [0.1, 0.15) is 50.7 Å². The Bertz CT molecular complexity index is 1370. The molecule has 0 radical (unpaired) electrons. The van der Waals surface area contributed by atoms with Gasteiger partial charge < -0.3 is 14.2 Å². The minimum absolute atomic E-state index is 0.0319. The predicted octanol–water partition coefficient (Wildman–Crippen LogP) is 6.03. The number of allylic oxidation sites excluding steroid dienone is 2. The Balaban J connectivity index is 0.00000127. The molecule has 1 aliphatic rings. The number of esters is 1. The van der Waals surface area contributed by atoms with E-state index in [9.17, 15) is 14.4 Å². The molecule has 0 fully saturated rings. The Kier molecular flexibility index (Phi) is 11.4. The van der Waals surface area contributed by atoms with Crippen LogP contribution in [-0.4, -0.2) is 48.1 Å². The van der Waals surface area contributed by atoms with Crippen LogP contribution in [0.4, 0.5) is 0 Å². The van der Waals surface area contributed by atoms with Gasteiger partial charge in [-0.2, -0.15) is 5.10 Å². The van der Waals surface area contributed by atoms with Crippen LogP contribution < -0.4 is 0 Å². The number of benzene rings is 2. The average Bonchev–Trinajstić information content (AvgIpc) is 3.34. The molecule has 206 valence electrons. The molecular formula is C31H36N2O6. The number of hydrogen-bond acceptors (Lipinski definition) is 7. The van der Waals surface area contributed by atoms with Gasteiger partial charge in [0.2, 0.25) is 23.1 Å². The van der Waals surface area contributed by atoms with Gasteiger partial charge in [0.25, 0.3) is 0 Å². The van der Waals surface area contributed by atoms with E-state index < -0.39 is 24.1 Å². The fraction of sp³-hybridized carbons (Fsp3) is 0.290. The summed E-state index contributed by atoms with van der Waals surface area (Å²) in [4.78, 5) is 38.5. The van der Waals surface area contributed by atoms with Crippen molar-refractivity contribution < 1.29 is 28.6 Å². The molecule has 1 aliphatic carbocycles. The Labute approximate surface area is 229 Å². The van der Waals surface area contributed by atoms with Gasteiger partial charge in [0.05, 0.1) is 25.6 Å². The van der Waals surface area contributed by atoms with Gasteiger partial charge in [-0.3, -0.25) is 9.59 Å². The standard InChI is InChI=1S/C27H24N2O6.2C2H6/c1-16-20(24(31)26(34-4)25(33-3)23(16)30)15-35-27(32)21-17(2)22(18-11-7-5-8-12-18)29(28-21)19-13-9-6-10-14-19;2*1-2/h5-14H,15H2,1-4H3;2*1-2H3. The Hall–Kier alpha value is -4.46. The van der Waals surface area contributed by atoms with Crippen molar-refractivity contribution in [2.45, 2.75) is 41.5 Å². The second kappa shape index (κ2) is 14.5. The zero-order valence-electron chi connectivity index (χ0n) is 23.8. The fourth-order valence-corrected chi connectivity index (χ4v) is 3.95. The number of hydrogen-bond donors (Lipinski definition) is 0. The first-order valence-electron chi connectivity index (χ1n) is 12.9. The van der Waals surface area contributed by atoms with Crippen molar-refractivity contribution in [3.05, 3.63) is 94.6 Å². The molecule has 0 bridgehead atoms. The molecule has 3 aromatic rings. The number of methoxy groups -OCH3 is 2. The minimum atomic E-state index is -0.713. The third kappa shape index (κ3) is 6.34. The summed E-state index contributed by atoms with van der Waals surface area (Å²) in [5, 5.41) is 4.55. The number of para-hydroxylation sites is 1. The van der Waals surface area contributed by atoms with Crippen molar-refractivity contribution in [1.29, 1.82) is 0 Å². The number of carbonyl (C=O) groups excluding carboxylic acids is 3. The number of aromatic nitrogens is 2. The highest BCUT2D eigenvalue weighted by Gasteiger charge is 2.35. The van der Waals surface area contributed by atoms with Crippen LogP contribution in [0.3, 0.4) is 0 Å². The number of ether oxygens (including phenoxy) is 3. The topological polar surface area (TPSA) is 96.7 Å². The molecule has 2 aromatic carbocycles. The molecule has 39 heavy (non-hydrogen) atoms. The van der Waals surface area contributed by atoms with Crippen molar-refractivity contribution in [2.24, 2.45) is 0 Å². The van der Waals surface area contributed by atoms with Crippen molar-refractivity contribution in [1.82, 2.24) is 9.78 Å². The van der Waals surface area contributed by atoms with Gasteiger partial charge in [0.1, 0.15) is 6.61 Å². The van der Waals surface area contributed by atoms with Gasteiger partial charge in [-0.25, -0.2) is 9.48 Å². The highest BCUT2D eigenvalue weighted by molar-refractivity contribution is 6.23. The largest absolute Gasteiger partial charge is 0.489 e. The first-order chi connectivity index (χ1) is 18.9. The maximum Gasteiger partial charge on any atom is 0.359 e. The highest BCUT2D eigenvalue weighted by Crippen LogP contribution is 2.30. The van der Waals surface area contributed by atoms with E-state index in [4.69, 9.17) is 14.2 Å². The monoisotopic (exact) mass is 532 g/mol. The average molecular weight is 533 g/mol. The van der Waals surface area contributed by atoms with Crippen molar-refractivity contribution in [3.8, 4) is 16.9 Å². The van der Waals surface area contributed by atoms with E-state index in [0.717, 1.165) is 16.9 Å². The van der Waals surface area contributed by atoms with E-state index in [0.29, 0.717) is 5.56 Å². The molecule has 4 rings (SSSR count). The lowest BCUT2D eigenvalue weighted by molar-refractivity contribution is -0.121. The molecule has 0 amide bonds. The smallest absolute Gasteiger partial charge is 0.359 e. The summed E-state index contributed by atoms with van der Waals surface area (Å²) in [6, 6.07) is 19.0. The second-order valence-corrected chi connectivity index (χ2v) is 7.84. The first kappa shape index (κ1) is 30.8. The summed E-state index contributed by atoms with van der Waals surface area (Å²) in [6.45, 7) is 10.9. The van der Waals surface area contributed by atoms with Gasteiger partial charge in [0, 0.05) is 22.3 Å². The van der Waals surface area contributed by atoms with E-state index in [1.807, 2.05) is 88.4 Å². The highest BCUT2D eigenvalue weighted by atomic mass is 16.5. The summed E-state index contributed by atoms with van der Waals surface area (Å²) < 4.78 is 17.3. The van der Waals surface area contributed by atoms with Crippen LogP contribution in [-0.2, 0) is 23.8 Å². The molecule has 0 spiro atoms. The van der Waals surface area contributed by atoms with Crippen LogP contribution in [0.5, 0.6) is 0 Å². The summed E-state index contributed by atoms with van der Waals surface area (Å²) in [6.07, 6.45) is 0. The lowest BCUT2D eigenvalue weighted by Gasteiger charge is -2.20. The van der Waals surface area contributed by atoms with Crippen molar-refractivity contribution in [3.63, 3.8) is 0 Å². The number of carbonyl (C=O) groups is 3. The summed E-state index contributed by atoms with van der Waals surface area (Å²) >= 11 is 0. The normalized spacial score (nSPS) is 12.7. The number of rotatable bonds is 7. The van der Waals surface area contributed by atoms with E-state index in [-0.39, 0.29) is 28.4 Å². The maximum absolute atomic E-state index is 13.1. The molecule has 1 heterocycles. The van der Waals surface area contributed by atoms with Crippen molar-refractivity contribution in [2.75, 3.05) is 20.8 Å². The van der Waals surface area contributed by atoms with Gasteiger partial charge >= 0.3 is 5.97 Å². The number of ketones is 2.